The van der Waals surface area contributed by atoms with Gasteiger partial charge in [-0.25, -0.2) is 4.98 Å². The Kier molecular flexibility index (Phi) is 2.54. The van der Waals surface area contributed by atoms with Crippen molar-refractivity contribution in [1.82, 2.24) is 4.98 Å². The second kappa shape index (κ2) is 4.28. The first-order valence-corrected chi connectivity index (χ1v) is 7.63. The minimum atomic E-state index is 0.112. The number of aromatic nitrogens is 1. The second-order valence-corrected chi connectivity index (χ2v) is 6.49. The average Bonchev–Trinajstić information content (AvgIpc) is 3.04. The van der Waals surface area contributed by atoms with Gasteiger partial charge in [0.15, 0.2) is 5.13 Å². The molecular weight excluding hydrogens is 268 g/mol. The van der Waals surface area contributed by atoms with Crippen LogP contribution in [0.1, 0.15) is 13.3 Å². The SMILES string of the molecule is CC1CC1C(=O)Nc1nc2c(ccc3ccccc32)s1. The maximum Gasteiger partial charge on any atom is 0.229 e. The number of amides is 1. The van der Waals surface area contributed by atoms with Gasteiger partial charge in [0, 0.05) is 11.3 Å². The van der Waals surface area contributed by atoms with Gasteiger partial charge in [-0.05, 0) is 23.8 Å². The number of benzene rings is 2. The molecule has 1 saturated carbocycles. The van der Waals surface area contributed by atoms with Crippen LogP contribution < -0.4 is 5.32 Å². The minimum Gasteiger partial charge on any atom is -0.302 e. The monoisotopic (exact) mass is 282 g/mol. The lowest BCUT2D eigenvalue weighted by Gasteiger charge is -1.98. The zero-order valence-electron chi connectivity index (χ0n) is 11.1. The van der Waals surface area contributed by atoms with Gasteiger partial charge >= 0.3 is 0 Å². The topological polar surface area (TPSA) is 42.0 Å². The van der Waals surface area contributed by atoms with Crippen molar-refractivity contribution in [1.29, 1.82) is 0 Å². The molecule has 4 heteroatoms. The molecule has 2 atom stereocenters. The predicted octanol–water partition coefficient (Wildman–Crippen LogP) is 4.04. The summed E-state index contributed by atoms with van der Waals surface area (Å²) in [6.45, 7) is 2.11. The highest BCUT2D eigenvalue weighted by Gasteiger charge is 2.39. The molecule has 1 aliphatic rings. The molecule has 1 N–H and O–H groups in total. The second-order valence-electron chi connectivity index (χ2n) is 5.46. The maximum absolute atomic E-state index is 12.0. The van der Waals surface area contributed by atoms with Crippen LogP contribution in [0.2, 0.25) is 0 Å². The fraction of sp³-hybridized carbons (Fsp3) is 0.250. The van der Waals surface area contributed by atoms with Gasteiger partial charge in [0.05, 0.1) is 10.2 Å². The van der Waals surface area contributed by atoms with E-state index in [1.807, 2.05) is 12.1 Å². The molecule has 1 aliphatic carbocycles. The normalized spacial score (nSPS) is 21.2. The first-order valence-electron chi connectivity index (χ1n) is 6.81. The quantitative estimate of drug-likeness (QED) is 0.770. The van der Waals surface area contributed by atoms with Crippen LogP contribution in [0, 0.1) is 11.8 Å². The molecule has 0 bridgehead atoms. The van der Waals surface area contributed by atoms with E-state index in [1.165, 1.54) is 5.39 Å². The Bertz CT molecular complexity index is 824. The summed E-state index contributed by atoms with van der Waals surface area (Å²) in [5.41, 5.74) is 0.979. The molecule has 0 spiro atoms. The predicted molar refractivity (Wildman–Crippen MR) is 83.0 cm³/mol. The van der Waals surface area contributed by atoms with Gasteiger partial charge in [-0.1, -0.05) is 48.6 Å². The van der Waals surface area contributed by atoms with Crippen LogP contribution in [0.5, 0.6) is 0 Å². The van der Waals surface area contributed by atoms with Crippen LogP contribution in [0.4, 0.5) is 5.13 Å². The van der Waals surface area contributed by atoms with Crippen LogP contribution in [-0.4, -0.2) is 10.9 Å². The van der Waals surface area contributed by atoms with Crippen LogP contribution in [0.3, 0.4) is 0 Å². The fourth-order valence-corrected chi connectivity index (χ4v) is 3.49. The zero-order valence-corrected chi connectivity index (χ0v) is 11.9. The molecule has 2 unspecified atom stereocenters. The van der Waals surface area contributed by atoms with E-state index in [2.05, 4.69) is 41.5 Å². The third-order valence-electron chi connectivity index (χ3n) is 3.96. The van der Waals surface area contributed by atoms with Crippen molar-refractivity contribution in [2.24, 2.45) is 11.8 Å². The third-order valence-corrected chi connectivity index (χ3v) is 4.90. The molecule has 1 fully saturated rings. The molecule has 1 heterocycles. The van der Waals surface area contributed by atoms with Crippen molar-refractivity contribution in [2.45, 2.75) is 13.3 Å². The van der Waals surface area contributed by atoms with Gasteiger partial charge in [0.2, 0.25) is 5.91 Å². The van der Waals surface area contributed by atoms with E-state index in [4.69, 9.17) is 0 Å². The minimum absolute atomic E-state index is 0.112. The first kappa shape index (κ1) is 11.9. The van der Waals surface area contributed by atoms with Gasteiger partial charge in [0.1, 0.15) is 0 Å². The Morgan fingerprint density at radius 3 is 2.90 bits per heavy atom. The van der Waals surface area contributed by atoms with E-state index >= 15 is 0 Å². The van der Waals surface area contributed by atoms with E-state index in [-0.39, 0.29) is 11.8 Å². The molecule has 100 valence electrons. The highest BCUT2D eigenvalue weighted by molar-refractivity contribution is 7.22. The molecule has 1 amide bonds. The molecule has 0 saturated heterocycles. The van der Waals surface area contributed by atoms with E-state index < -0.39 is 0 Å². The van der Waals surface area contributed by atoms with Gasteiger partial charge in [0.25, 0.3) is 0 Å². The number of anilines is 1. The number of rotatable bonds is 2. The van der Waals surface area contributed by atoms with Crippen LogP contribution in [0.15, 0.2) is 36.4 Å². The highest BCUT2D eigenvalue weighted by Crippen LogP contribution is 2.39. The summed E-state index contributed by atoms with van der Waals surface area (Å²) in [5.74, 6) is 0.810. The number of nitrogens with zero attached hydrogens (tertiary/aromatic N) is 1. The summed E-state index contributed by atoms with van der Waals surface area (Å²) in [6, 6.07) is 12.4. The average molecular weight is 282 g/mol. The number of thiazole rings is 1. The van der Waals surface area contributed by atoms with Gasteiger partial charge < -0.3 is 5.32 Å². The van der Waals surface area contributed by atoms with Crippen molar-refractivity contribution in [3.63, 3.8) is 0 Å². The van der Waals surface area contributed by atoms with Gasteiger partial charge in [-0.2, -0.15) is 0 Å². The molecule has 3 nitrogen and oxygen atoms in total. The molecule has 0 aliphatic heterocycles. The maximum atomic E-state index is 12.0. The van der Waals surface area contributed by atoms with Crippen molar-refractivity contribution in [3.05, 3.63) is 36.4 Å². The number of fused-ring (bicyclic) bond motifs is 3. The van der Waals surface area contributed by atoms with E-state index in [0.29, 0.717) is 11.0 Å². The Hall–Kier alpha value is -1.94. The number of carbonyl (C=O) groups excluding carboxylic acids is 1. The fourth-order valence-electron chi connectivity index (χ4n) is 2.60. The molecule has 20 heavy (non-hydrogen) atoms. The summed E-state index contributed by atoms with van der Waals surface area (Å²) in [4.78, 5) is 16.6. The standard InChI is InChI=1S/C16H14N2OS/c1-9-8-12(9)15(19)18-16-17-14-11-5-3-2-4-10(11)6-7-13(14)20-16/h2-7,9,12H,8H2,1H3,(H,17,18,19). The summed E-state index contributed by atoms with van der Waals surface area (Å²) < 4.78 is 1.11. The van der Waals surface area contributed by atoms with Crippen LogP contribution in [0.25, 0.3) is 21.0 Å². The third kappa shape index (κ3) is 1.88. The van der Waals surface area contributed by atoms with Gasteiger partial charge in [-0.15, -0.1) is 0 Å². The zero-order chi connectivity index (χ0) is 13.7. The molecule has 0 radical (unpaired) electrons. The summed E-state index contributed by atoms with van der Waals surface area (Å²) in [6.07, 6.45) is 1.000. The Balaban J connectivity index is 1.74. The Morgan fingerprint density at radius 1 is 1.30 bits per heavy atom. The molecule has 3 aromatic rings. The number of carbonyl (C=O) groups is 1. The van der Waals surface area contributed by atoms with E-state index in [9.17, 15) is 4.79 Å². The lowest BCUT2D eigenvalue weighted by Crippen LogP contribution is -2.14. The lowest BCUT2D eigenvalue weighted by molar-refractivity contribution is -0.117. The smallest absolute Gasteiger partial charge is 0.229 e. The molecular formula is C16H14N2OS. The molecule has 2 aromatic carbocycles. The van der Waals surface area contributed by atoms with Crippen molar-refractivity contribution >= 4 is 43.4 Å². The van der Waals surface area contributed by atoms with Crippen molar-refractivity contribution in [3.8, 4) is 0 Å². The van der Waals surface area contributed by atoms with Crippen molar-refractivity contribution in [2.75, 3.05) is 5.32 Å². The van der Waals surface area contributed by atoms with Crippen molar-refractivity contribution < 1.29 is 4.79 Å². The Labute approximate surface area is 120 Å². The van der Waals surface area contributed by atoms with Crippen LogP contribution in [-0.2, 0) is 4.79 Å². The Morgan fingerprint density at radius 2 is 2.10 bits per heavy atom. The molecule has 1 aromatic heterocycles. The first-order chi connectivity index (χ1) is 9.72. The summed E-state index contributed by atoms with van der Waals surface area (Å²) in [7, 11) is 0. The summed E-state index contributed by atoms with van der Waals surface area (Å²) in [5, 5.41) is 5.99. The number of hydrogen-bond donors (Lipinski definition) is 1. The summed E-state index contributed by atoms with van der Waals surface area (Å²) >= 11 is 1.54. The largest absolute Gasteiger partial charge is 0.302 e. The highest BCUT2D eigenvalue weighted by atomic mass is 32.1. The number of nitrogens with one attached hydrogen (secondary N) is 1. The molecule has 4 rings (SSSR count). The van der Waals surface area contributed by atoms with E-state index in [0.717, 1.165) is 22.0 Å². The number of hydrogen-bond acceptors (Lipinski definition) is 3. The van der Waals surface area contributed by atoms with Gasteiger partial charge in [-0.3, -0.25) is 4.79 Å². The van der Waals surface area contributed by atoms with Crippen LogP contribution >= 0.6 is 11.3 Å². The van der Waals surface area contributed by atoms with E-state index in [1.54, 1.807) is 11.3 Å². The lowest BCUT2D eigenvalue weighted by atomic mass is 10.1.